The van der Waals surface area contributed by atoms with Crippen LogP contribution in [0.5, 0.6) is 0 Å². The number of halogens is 2. The Morgan fingerprint density at radius 3 is 2.27 bits per heavy atom. The van der Waals surface area contributed by atoms with E-state index in [1.54, 1.807) is 18.2 Å². The molecule has 2 nitrogen and oxygen atoms in total. The van der Waals surface area contributed by atoms with Crippen molar-refractivity contribution in [3.8, 4) is 0 Å². The molecule has 60 valence electrons. The first-order valence-corrected chi connectivity index (χ1v) is 3.83. The Hall–Kier alpha value is -0.280. The Labute approximate surface area is 75.1 Å². The lowest BCUT2D eigenvalue weighted by atomic mass is 10.2. The maximum absolute atomic E-state index is 5.78. The third-order valence-corrected chi connectivity index (χ3v) is 1.88. The molecule has 11 heavy (non-hydrogen) atoms. The molecule has 1 rings (SSSR count). The average Bonchev–Trinajstić information content (AvgIpc) is 1.85. The Balaban J connectivity index is 3.09. The highest BCUT2D eigenvalue weighted by Gasteiger charge is 2.04. The van der Waals surface area contributed by atoms with Gasteiger partial charge in [-0.2, -0.15) is 0 Å². The predicted molar refractivity (Wildman–Crippen MR) is 47.6 cm³/mol. The van der Waals surface area contributed by atoms with Crippen molar-refractivity contribution in [1.82, 2.24) is 0 Å². The summed E-state index contributed by atoms with van der Waals surface area (Å²) in [7, 11) is 0. The summed E-state index contributed by atoms with van der Waals surface area (Å²) in [5, 5.41) is 1.09. The van der Waals surface area contributed by atoms with Crippen LogP contribution in [0.15, 0.2) is 18.2 Å². The minimum Gasteiger partial charge on any atom is -0.312 e. The second kappa shape index (κ2) is 3.41. The summed E-state index contributed by atoms with van der Waals surface area (Å²) in [6.07, 6.45) is -0.542. The van der Waals surface area contributed by atoms with Gasteiger partial charge in [-0.05, 0) is 12.1 Å². The third-order valence-electron chi connectivity index (χ3n) is 1.32. The van der Waals surface area contributed by atoms with Crippen molar-refractivity contribution in [1.29, 1.82) is 0 Å². The number of hydrogen-bond donors (Lipinski definition) is 2. The van der Waals surface area contributed by atoms with Gasteiger partial charge < -0.3 is 11.5 Å². The predicted octanol–water partition coefficient (Wildman–Crippen LogP) is 1.91. The van der Waals surface area contributed by atoms with Gasteiger partial charge in [0, 0.05) is 15.6 Å². The first-order chi connectivity index (χ1) is 5.11. The Bertz CT molecular complexity index is 261. The fraction of sp³-hybridized carbons (Fsp3) is 0.143. The van der Waals surface area contributed by atoms with Crippen molar-refractivity contribution in [2.24, 2.45) is 11.5 Å². The van der Waals surface area contributed by atoms with Gasteiger partial charge in [0.1, 0.15) is 0 Å². The van der Waals surface area contributed by atoms with Gasteiger partial charge in [-0.3, -0.25) is 0 Å². The van der Waals surface area contributed by atoms with Crippen molar-refractivity contribution in [2.75, 3.05) is 0 Å². The van der Waals surface area contributed by atoms with Crippen LogP contribution in [-0.2, 0) is 0 Å². The zero-order valence-electron chi connectivity index (χ0n) is 5.72. The quantitative estimate of drug-likeness (QED) is 0.666. The largest absolute Gasteiger partial charge is 0.312 e. The number of benzene rings is 1. The molecule has 0 aromatic heterocycles. The van der Waals surface area contributed by atoms with Crippen LogP contribution >= 0.6 is 23.2 Å². The van der Waals surface area contributed by atoms with Crippen molar-refractivity contribution >= 4 is 23.2 Å². The molecular weight excluding hydrogens is 183 g/mol. The van der Waals surface area contributed by atoms with Gasteiger partial charge in [-0.1, -0.05) is 29.3 Å². The van der Waals surface area contributed by atoms with E-state index in [2.05, 4.69) is 0 Å². The lowest BCUT2D eigenvalue weighted by Crippen LogP contribution is -2.20. The first kappa shape index (κ1) is 8.81. The molecule has 0 spiro atoms. The highest BCUT2D eigenvalue weighted by molar-refractivity contribution is 6.35. The van der Waals surface area contributed by atoms with Gasteiger partial charge in [0.25, 0.3) is 0 Å². The molecule has 0 radical (unpaired) electrons. The minimum absolute atomic E-state index is 0.507. The standard InChI is InChI=1S/C7H8Cl2N2/c8-4-1-2-5(7(10)11)6(9)3-4/h1-3,7H,10-11H2. The molecule has 0 saturated heterocycles. The van der Waals surface area contributed by atoms with Crippen molar-refractivity contribution in [3.05, 3.63) is 33.8 Å². The lowest BCUT2D eigenvalue weighted by Gasteiger charge is -2.07. The molecule has 1 aromatic rings. The molecular formula is C7H8Cl2N2. The normalized spacial score (nSPS) is 10.6. The van der Waals surface area contributed by atoms with Gasteiger partial charge in [-0.15, -0.1) is 0 Å². The molecule has 0 fully saturated rings. The molecule has 0 heterocycles. The van der Waals surface area contributed by atoms with Crippen LogP contribution in [0.3, 0.4) is 0 Å². The summed E-state index contributed by atoms with van der Waals surface area (Å²) in [6, 6.07) is 5.04. The van der Waals surface area contributed by atoms with E-state index in [1.165, 1.54) is 0 Å². The minimum atomic E-state index is -0.542. The van der Waals surface area contributed by atoms with Crippen LogP contribution in [0.2, 0.25) is 10.0 Å². The molecule has 1 aromatic carbocycles. The summed E-state index contributed by atoms with van der Waals surface area (Å²) >= 11 is 11.4. The monoisotopic (exact) mass is 190 g/mol. The molecule has 0 bridgehead atoms. The highest BCUT2D eigenvalue weighted by atomic mass is 35.5. The van der Waals surface area contributed by atoms with Crippen molar-refractivity contribution in [3.63, 3.8) is 0 Å². The van der Waals surface area contributed by atoms with Crippen LogP contribution in [0, 0.1) is 0 Å². The smallest absolute Gasteiger partial charge is 0.0799 e. The van der Waals surface area contributed by atoms with Crippen LogP contribution in [0.25, 0.3) is 0 Å². The lowest BCUT2D eigenvalue weighted by molar-refractivity contribution is 0.774. The summed E-state index contributed by atoms with van der Waals surface area (Å²) < 4.78 is 0. The fourth-order valence-corrected chi connectivity index (χ4v) is 1.31. The van der Waals surface area contributed by atoms with E-state index in [0.717, 1.165) is 0 Å². The SMILES string of the molecule is NC(N)c1ccc(Cl)cc1Cl. The molecule has 0 aliphatic rings. The Morgan fingerprint density at radius 2 is 1.82 bits per heavy atom. The average molecular weight is 191 g/mol. The topological polar surface area (TPSA) is 52.0 Å². The molecule has 4 heteroatoms. The van der Waals surface area contributed by atoms with E-state index in [4.69, 9.17) is 34.7 Å². The first-order valence-electron chi connectivity index (χ1n) is 3.07. The molecule has 0 unspecified atom stereocenters. The Kier molecular flexibility index (Phi) is 2.73. The Morgan fingerprint density at radius 1 is 1.18 bits per heavy atom. The maximum atomic E-state index is 5.78. The van der Waals surface area contributed by atoms with Crippen molar-refractivity contribution < 1.29 is 0 Å². The van der Waals surface area contributed by atoms with Gasteiger partial charge in [-0.25, -0.2) is 0 Å². The highest BCUT2D eigenvalue weighted by Crippen LogP contribution is 2.22. The van der Waals surface area contributed by atoms with Crippen LogP contribution in [0.1, 0.15) is 11.7 Å². The zero-order chi connectivity index (χ0) is 8.43. The van der Waals surface area contributed by atoms with Crippen LogP contribution in [0.4, 0.5) is 0 Å². The van der Waals surface area contributed by atoms with E-state index in [0.29, 0.717) is 15.6 Å². The van der Waals surface area contributed by atoms with Gasteiger partial charge in [0.05, 0.1) is 6.17 Å². The van der Waals surface area contributed by atoms with Gasteiger partial charge in [0.15, 0.2) is 0 Å². The van der Waals surface area contributed by atoms with E-state index in [9.17, 15) is 0 Å². The molecule has 0 atom stereocenters. The summed E-state index contributed by atoms with van der Waals surface area (Å²) in [6.45, 7) is 0. The molecule has 0 amide bonds. The van der Waals surface area contributed by atoms with Crippen LogP contribution < -0.4 is 11.5 Å². The summed E-state index contributed by atoms with van der Waals surface area (Å²) in [5.74, 6) is 0. The van der Waals surface area contributed by atoms with Crippen molar-refractivity contribution in [2.45, 2.75) is 6.17 Å². The molecule has 0 aliphatic heterocycles. The van der Waals surface area contributed by atoms with E-state index in [-0.39, 0.29) is 0 Å². The van der Waals surface area contributed by atoms with Gasteiger partial charge >= 0.3 is 0 Å². The third kappa shape index (κ3) is 2.07. The number of hydrogen-bond acceptors (Lipinski definition) is 2. The fourth-order valence-electron chi connectivity index (χ4n) is 0.772. The van der Waals surface area contributed by atoms with E-state index >= 15 is 0 Å². The maximum Gasteiger partial charge on any atom is 0.0799 e. The summed E-state index contributed by atoms with van der Waals surface area (Å²) in [5.41, 5.74) is 11.5. The molecule has 0 aliphatic carbocycles. The zero-order valence-corrected chi connectivity index (χ0v) is 7.23. The summed E-state index contributed by atoms with van der Waals surface area (Å²) in [4.78, 5) is 0. The van der Waals surface area contributed by atoms with Gasteiger partial charge in [0.2, 0.25) is 0 Å². The number of nitrogens with two attached hydrogens (primary N) is 2. The second-order valence-corrected chi connectivity index (χ2v) is 3.04. The number of rotatable bonds is 1. The van der Waals surface area contributed by atoms with E-state index < -0.39 is 6.17 Å². The van der Waals surface area contributed by atoms with E-state index in [1.807, 2.05) is 0 Å². The second-order valence-electron chi connectivity index (χ2n) is 2.19. The van der Waals surface area contributed by atoms with Crippen LogP contribution in [-0.4, -0.2) is 0 Å². The molecule has 4 N–H and O–H groups in total. The molecule has 0 saturated carbocycles.